The fourth-order valence-corrected chi connectivity index (χ4v) is 0.908. The molecular weight excluding hydrogens is 180 g/mol. The van der Waals surface area contributed by atoms with Gasteiger partial charge in [-0.15, -0.1) is 0 Å². The third kappa shape index (κ3) is 8.76. The van der Waals surface area contributed by atoms with E-state index < -0.39 is 0 Å². The van der Waals surface area contributed by atoms with E-state index in [-0.39, 0.29) is 0 Å². The second-order valence-electron chi connectivity index (χ2n) is 3.30. The number of hydrogen-bond acceptors (Lipinski definition) is 0. The zero-order valence-electron chi connectivity index (χ0n) is 9.90. The summed E-state index contributed by atoms with van der Waals surface area (Å²) < 4.78 is 0. The average Bonchev–Trinajstić information content (AvgIpc) is 2.24. The number of hydrogen-bond donors (Lipinski definition) is 0. The molecule has 0 rings (SSSR count). The molecule has 0 heteroatoms. The third-order valence-corrected chi connectivity index (χ3v) is 1.77. The summed E-state index contributed by atoms with van der Waals surface area (Å²) in [5.41, 5.74) is 2.47. The molecule has 0 heterocycles. The molecule has 0 amide bonds. The molecule has 0 saturated carbocycles. The SMILES string of the molecule is C=C\C=C/C=C(C)/C=C/C(C)=C/C=C\C. The van der Waals surface area contributed by atoms with Gasteiger partial charge in [0.2, 0.25) is 0 Å². The van der Waals surface area contributed by atoms with Gasteiger partial charge in [0.05, 0.1) is 0 Å². The largest absolute Gasteiger partial charge is 0.0991 e. The summed E-state index contributed by atoms with van der Waals surface area (Å²) in [6, 6.07) is 0. The first-order valence-corrected chi connectivity index (χ1v) is 5.14. The van der Waals surface area contributed by atoms with Crippen molar-refractivity contribution in [2.24, 2.45) is 0 Å². The molecule has 0 nitrogen and oxygen atoms in total. The molecule has 0 aliphatic rings. The van der Waals surface area contributed by atoms with Crippen molar-refractivity contribution in [2.75, 3.05) is 0 Å². The van der Waals surface area contributed by atoms with Gasteiger partial charge in [-0.2, -0.15) is 0 Å². The van der Waals surface area contributed by atoms with E-state index in [0.717, 1.165) is 0 Å². The van der Waals surface area contributed by atoms with Crippen molar-refractivity contribution < 1.29 is 0 Å². The summed E-state index contributed by atoms with van der Waals surface area (Å²) in [5.74, 6) is 0. The van der Waals surface area contributed by atoms with Crippen LogP contribution < -0.4 is 0 Å². The van der Waals surface area contributed by atoms with Crippen LogP contribution in [-0.2, 0) is 0 Å². The van der Waals surface area contributed by atoms with E-state index in [2.05, 4.69) is 44.7 Å². The summed E-state index contributed by atoms with van der Waals surface area (Å²) >= 11 is 0. The molecule has 0 unspecified atom stereocenters. The van der Waals surface area contributed by atoms with Gasteiger partial charge in [0.15, 0.2) is 0 Å². The van der Waals surface area contributed by atoms with Crippen LogP contribution in [0.1, 0.15) is 20.8 Å². The van der Waals surface area contributed by atoms with Crippen molar-refractivity contribution in [3.05, 3.63) is 72.4 Å². The Morgan fingerprint density at radius 1 is 0.867 bits per heavy atom. The normalized spacial score (nSPS) is 14.6. The van der Waals surface area contributed by atoms with Crippen LogP contribution in [0.5, 0.6) is 0 Å². The molecular formula is C15H20. The van der Waals surface area contributed by atoms with Crippen LogP contribution in [0.25, 0.3) is 0 Å². The lowest BCUT2D eigenvalue weighted by molar-refractivity contribution is 1.46. The fourth-order valence-electron chi connectivity index (χ4n) is 0.908. The van der Waals surface area contributed by atoms with Gasteiger partial charge in [-0.25, -0.2) is 0 Å². The lowest BCUT2D eigenvalue weighted by atomic mass is 10.2. The van der Waals surface area contributed by atoms with Gasteiger partial charge in [0.25, 0.3) is 0 Å². The lowest BCUT2D eigenvalue weighted by Crippen LogP contribution is -1.69. The van der Waals surface area contributed by atoms with Crippen LogP contribution in [-0.4, -0.2) is 0 Å². The highest BCUT2D eigenvalue weighted by molar-refractivity contribution is 5.30. The molecule has 0 saturated heterocycles. The van der Waals surface area contributed by atoms with E-state index in [4.69, 9.17) is 0 Å². The first kappa shape index (κ1) is 13.4. The lowest BCUT2D eigenvalue weighted by Gasteiger charge is -1.90. The molecule has 0 aliphatic heterocycles. The van der Waals surface area contributed by atoms with Crippen LogP contribution in [0.2, 0.25) is 0 Å². The Morgan fingerprint density at radius 3 is 1.87 bits per heavy atom. The zero-order chi connectivity index (χ0) is 11.5. The van der Waals surface area contributed by atoms with E-state index in [9.17, 15) is 0 Å². The van der Waals surface area contributed by atoms with Gasteiger partial charge in [0, 0.05) is 0 Å². The maximum absolute atomic E-state index is 3.61. The molecule has 0 atom stereocenters. The molecule has 80 valence electrons. The molecule has 0 bridgehead atoms. The zero-order valence-corrected chi connectivity index (χ0v) is 9.90. The van der Waals surface area contributed by atoms with Crippen molar-refractivity contribution in [2.45, 2.75) is 20.8 Å². The van der Waals surface area contributed by atoms with Crippen LogP contribution in [0, 0.1) is 0 Å². The summed E-state index contributed by atoms with van der Waals surface area (Å²) in [6.45, 7) is 9.79. The highest BCUT2D eigenvalue weighted by Crippen LogP contribution is 2.01. The van der Waals surface area contributed by atoms with Gasteiger partial charge in [0.1, 0.15) is 0 Å². The molecule has 15 heavy (non-hydrogen) atoms. The topological polar surface area (TPSA) is 0 Å². The Morgan fingerprint density at radius 2 is 1.40 bits per heavy atom. The summed E-state index contributed by atoms with van der Waals surface area (Å²) in [7, 11) is 0. The Balaban J connectivity index is 4.33. The minimum atomic E-state index is 1.22. The minimum Gasteiger partial charge on any atom is -0.0991 e. The maximum Gasteiger partial charge on any atom is -0.0398 e. The number of allylic oxidation sites excluding steroid dienone is 11. The van der Waals surface area contributed by atoms with Crippen molar-refractivity contribution in [3.8, 4) is 0 Å². The monoisotopic (exact) mass is 200 g/mol. The smallest absolute Gasteiger partial charge is 0.0398 e. The minimum absolute atomic E-state index is 1.22. The molecule has 0 aromatic heterocycles. The maximum atomic E-state index is 3.61. The Hall–Kier alpha value is -1.56. The Bertz CT molecular complexity index is 320. The van der Waals surface area contributed by atoms with Crippen LogP contribution in [0.4, 0.5) is 0 Å². The summed E-state index contributed by atoms with van der Waals surface area (Å²) in [5, 5.41) is 0. The van der Waals surface area contributed by atoms with Crippen molar-refractivity contribution in [3.63, 3.8) is 0 Å². The first-order valence-electron chi connectivity index (χ1n) is 5.14. The second kappa shape index (κ2) is 9.01. The Kier molecular flexibility index (Phi) is 8.08. The van der Waals surface area contributed by atoms with E-state index in [1.165, 1.54) is 11.1 Å². The average molecular weight is 200 g/mol. The predicted octanol–water partition coefficient (Wildman–Crippen LogP) is 4.75. The summed E-state index contributed by atoms with van der Waals surface area (Å²) in [6.07, 6.45) is 18.1. The first-order chi connectivity index (χ1) is 7.20. The third-order valence-electron chi connectivity index (χ3n) is 1.77. The second-order valence-corrected chi connectivity index (χ2v) is 3.30. The Labute approximate surface area is 93.7 Å². The fraction of sp³-hybridized carbons (Fsp3) is 0.200. The van der Waals surface area contributed by atoms with Gasteiger partial charge in [-0.05, 0) is 20.8 Å². The van der Waals surface area contributed by atoms with E-state index in [1.807, 2.05) is 31.2 Å². The molecule has 0 fully saturated rings. The van der Waals surface area contributed by atoms with Crippen LogP contribution in [0.3, 0.4) is 0 Å². The molecule has 0 aromatic carbocycles. The molecule has 0 radical (unpaired) electrons. The highest BCUT2D eigenvalue weighted by atomic mass is 13.9. The van der Waals surface area contributed by atoms with Crippen LogP contribution >= 0.6 is 0 Å². The van der Waals surface area contributed by atoms with Gasteiger partial charge in [-0.3, -0.25) is 0 Å². The molecule has 0 aliphatic carbocycles. The van der Waals surface area contributed by atoms with Gasteiger partial charge >= 0.3 is 0 Å². The van der Waals surface area contributed by atoms with Crippen LogP contribution in [0.15, 0.2) is 72.4 Å². The van der Waals surface area contributed by atoms with Gasteiger partial charge < -0.3 is 0 Å². The standard InChI is InChI=1S/C15H20/c1-5-7-9-11-15(4)13-12-14(3)10-8-6-2/h5-13H,1H2,2-4H3/b8-6-,9-7-,13-12+,14-10+,15-11+. The molecule has 0 aromatic rings. The number of rotatable bonds is 5. The quantitative estimate of drug-likeness (QED) is 0.562. The summed E-state index contributed by atoms with van der Waals surface area (Å²) in [4.78, 5) is 0. The van der Waals surface area contributed by atoms with Crippen molar-refractivity contribution in [1.29, 1.82) is 0 Å². The molecule has 0 spiro atoms. The van der Waals surface area contributed by atoms with Crippen molar-refractivity contribution in [1.82, 2.24) is 0 Å². The van der Waals surface area contributed by atoms with Gasteiger partial charge in [-0.1, -0.05) is 72.4 Å². The predicted molar refractivity (Wildman–Crippen MR) is 70.8 cm³/mol. The molecule has 0 N–H and O–H groups in total. The van der Waals surface area contributed by atoms with E-state index in [1.54, 1.807) is 6.08 Å². The van der Waals surface area contributed by atoms with E-state index in [0.29, 0.717) is 0 Å². The van der Waals surface area contributed by atoms with Crippen molar-refractivity contribution >= 4 is 0 Å². The highest BCUT2D eigenvalue weighted by Gasteiger charge is 1.80. The van der Waals surface area contributed by atoms with E-state index >= 15 is 0 Å².